The first-order chi connectivity index (χ1) is 19.2. The normalized spacial score (nSPS) is 24.3. The second-order valence-corrected chi connectivity index (χ2v) is 11.2. The second-order valence-electron chi connectivity index (χ2n) is 11.2. The molecular formula is C29H29F3N6O2. The molecule has 208 valence electrons. The zero-order chi connectivity index (χ0) is 27.6. The number of benzene rings is 2. The number of ether oxygens (including phenoxy) is 1. The standard InChI is InChI=1S/C29H29F3N6O2/c1-37-15-29(31,32)10-19(37)14-40-28-35-26-23(27(36-28)38-12-17-6-7-18(13-38)34-17)11-33-25(24(26)30)22-9-20(39)8-16-4-2-3-5-21(16)22/h2-5,8-9,11,17-19,34,39H,6-7,10,12-15H2,1H3/t17?,18?,19-/m0/s1. The maximum Gasteiger partial charge on any atom is 0.319 e. The van der Waals surface area contributed by atoms with Crippen LogP contribution in [-0.2, 0) is 0 Å². The number of hydrogen-bond donors (Lipinski definition) is 2. The third-order valence-electron chi connectivity index (χ3n) is 8.30. The molecule has 7 rings (SSSR count). The van der Waals surface area contributed by atoms with Crippen molar-refractivity contribution in [2.75, 3.05) is 38.2 Å². The van der Waals surface area contributed by atoms with Crippen molar-refractivity contribution in [3.63, 3.8) is 0 Å². The van der Waals surface area contributed by atoms with E-state index in [0.29, 0.717) is 41.9 Å². The third kappa shape index (κ3) is 4.46. The number of pyridine rings is 1. The largest absolute Gasteiger partial charge is 0.508 e. The molecule has 0 saturated carbocycles. The van der Waals surface area contributed by atoms with E-state index in [4.69, 9.17) is 4.74 Å². The van der Waals surface area contributed by atoms with Crippen LogP contribution in [0.2, 0.25) is 0 Å². The van der Waals surface area contributed by atoms with E-state index in [1.54, 1.807) is 24.2 Å². The Morgan fingerprint density at radius 3 is 2.62 bits per heavy atom. The van der Waals surface area contributed by atoms with E-state index in [1.165, 1.54) is 6.07 Å². The predicted molar refractivity (Wildman–Crippen MR) is 146 cm³/mol. The van der Waals surface area contributed by atoms with Gasteiger partial charge in [-0.15, -0.1) is 0 Å². The Balaban J connectivity index is 1.33. The second kappa shape index (κ2) is 9.45. The molecule has 0 spiro atoms. The molecule has 0 aliphatic carbocycles. The molecule has 0 radical (unpaired) electrons. The quantitative estimate of drug-likeness (QED) is 0.380. The fourth-order valence-electron chi connectivity index (χ4n) is 6.39. The molecule has 0 amide bonds. The highest BCUT2D eigenvalue weighted by atomic mass is 19.3. The highest BCUT2D eigenvalue weighted by molar-refractivity contribution is 5.99. The average Bonchev–Trinajstić information content (AvgIpc) is 3.41. The van der Waals surface area contributed by atoms with Gasteiger partial charge in [0.1, 0.15) is 29.4 Å². The predicted octanol–water partition coefficient (Wildman–Crippen LogP) is 4.35. The number of anilines is 1. The van der Waals surface area contributed by atoms with Gasteiger partial charge in [-0.25, -0.2) is 13.2 Å². The Labute approximate surface area is 228 Å². The summed E-state index contributed by atoms with van der Waals surface area (Å²) in [4.78, 5) is 17.3. The fourth-order valence-corrected chi connectivity index (χ4v) is 6.39. The number of alkyl halides is 2. The van der Waals surface area contributed by atoms with Crippen molar-refractivity contribution in [2.24, 2.45) is 0 Å². The third-order valence-corrected chi connectivity index (χ3v) is 8.30. The summed E-state index contributed by atoms with van der Waals surface area (Å²) in [7, 11) is 1.63. The van der Waals surface area contributed by atoms with Crippen LogP contribution in [0.25, 0.3) is 32.9 Å². The van der Waals surface area contributed by atoms with Gasteiger partial charge in [-0.2, -0.15) is 9.97 Å². The summed E-state index contributed by atoms with van der Waals surface area (Å²) in [5, 5.41) is 15.9. The topological polar surface area (TPSA) is 86.6 Å². The van der Waals surface area contributed by atoms with Gasteiger partial charge in [0.25, 0.3) is 5.92 Å². The lowest BCUT2D eigenvalue weighted by Gasteiger charge is -2.34. The number of aromatic nitrogens is 3. The monoisotopic (exact) mass is 550 g/mol. The number of rotatable bonds is 5. The smallest absolute Gasteiger partial charge is 0.319 e. The summed E-state index contributed by atoms with van der Waals surface area (Å²) in [5.74, 6) is -2.93. The summed E-state index contributed by atoms with van der Waals surface area (Å²) in [5.41, 5.74) is 0.520. The van der Waals surface area contributed by atoms with Crippen LogP contribution in [0, 0.1) is 5.82 Å². The summed E-state index contributed by atoms with van der Waals surface area (Å²) in [6, 6.07) is 10.5. The zero-order valence-electron chi connectivity index (χ0n) is 21.9. The van der Waals surface area contributed by atoms with Crippen LogP contribution >= 0.6 is 0 Å². The molecule has 2 aromatic carbocycles. The maximum absolute atomic E-state index is 16.4. The Bertz CT molecular complexity index is 1610. The van der Waals surface area contributed by atoms with Crippen molar-refractivity contribution in [3.8, 4) is 23.0 Å². The number of phenolic OH excluding ortho intramolecular Hbond substituents is 1. The van der Waals surface area contributed by atoms with Gasteiger partial charge < -0.3 is 20.1 Å². The minimum absolute atomic E-state index is 0.00354. The van der Waals surface area contributed by atoms with Crippen molar-refractivity contribution in [3.05, 3.63) is 48.4 Å². The molecule has 11 heteroatoms. The molecule has 40 heavy (non-hydrogen) atoms. The van der Waals surface area contributed by atoms with Crippen LogP contribution in [-0.4, -0.2) is 82.3 Å². The highest BCUT2D eigenvalue weighted by Gasteiger charge is 2.43. The first kappa shape index (κ1) is 25.3. The number of hydrogen-bond acceptors (Lipinski definition) is 8. The molecule has 4 aromatic rings. The molecule has 2 unspecified atom stereocenters. The van der Waals surface area contributed by atoms with Gasteiger partial charge in [-0.3, -0.25) is 9.88 Å². The van der Waals surface area contributed by atoms with Crippen LogP contribution in [0.5, 0.6) is 11.8 Å². The summed E-state index contributed by atoms with van der Waals surface area (Å²) < 4.78 is 50.2. The number of piperazine rings is 1. The number of phenols is 1. The van der Waals surface area contributed by atoms with Gasteiger partial charge in [0.2, 0.25) is 0 Å². The van der Waals surface area contributed by atoms with E-state index in [1.807, 2.05) is 24.3 Å². The SMILES string of the molecule is CN1CC(F)(F)C[C@H]1COc1nc(N2CC3CCC(C2)N3)c2cnc(-c3cc(O)cc4ccccc34)c(F)c2n1. The van der Waals surface area contributed by atoms with E-state index >= 15 is 4.39 Å². The highest BCUT2D eigenvalue weighted by Crippen LogP contribution is 2.38. The Morgan fingerprint density at radius 1 is 1.10 bits per heavy atom. The molecule has 3 aliphatic rings. The Hall–Kier alpha value is -3.70. The number of nitrogens with zero attached hydrogens (tertiary/aromatic N) is 5. The lowest BCUT2D eigenvalue weighted by molar-refractivity contribution is 0.0136. The molecule has 2 bridgehead atoms. The summed E-state index contributed by atoms with van der Waals surface area (Å²) in [6.07, 6.45) is 3.35. The minimum atomic E-state index is -2.78. The Morgan fingerprint density at radius 2 is 1.88 bits per heavy atom. The molecular weight excluding hydrogens is 521 g/mol. The van der Waals surface area contributed by atoms with Crippen LogP contribution < -0.4 is 15.0 Å². The van der Waals surface area contributed by atoms with Crippen molar-refractivity contribution in [1.29, 1.82) is 0 Å². The zero-order valence-corrected chi connectivity index (χ0v) is 21.9. The van der Waals surface area contributed by atoms with Crippen molar-refractivity contribution in [2.45, 2.75) is 43.3 Å². The van der Waals surface area contributed by atoms with E-state index in [2.05, 4.69) is 25.2 Å². The summed E-state index contributed by atoms with van der Waals surface area (Å²) in [6.45, 7) is 1.01. The molecule has 3 atom stereocenters. The first-order valence-corrected chi connectivity index (χ1v) is 13.5. The number of likely N-dealkylation sites (N-methyl/N-ethyl adjacent to an activating group) is 1. The minimum Gasteiger partial charge on any atom is -0.508 e. The van der Waals surface area contributed by atoms with Gasteiger partial charge >= 0.3 is 6.01 Å². The summed E-state index contributed by atoms with van der Waals surface area (Å²) >= 11 is 0. The number of fused-ring (bicyclic) bond motifs is 4. The molecule has 2 N–H and O–H groups in total. The Kier molecular flexibility index (Phi) is 5.97. The van der Waals surface area contributed by atoms with Gasteiger partial charge in [0.15, 0.2) is 5.82 Å². The number of nitrogens with one attached hydrogen (secondary N) is 1. The number of halogens is 3. The molecule has 5 heterocycles. The van der Waals surface area contributed by atoms with Crippen molar-refractivity contribution < 1.29 is 23.0 Å². The van der Waals surface area contributed by atoms with Crippen LogP contribution in [0.4, 0.5) is 19.0 Å². The molecule has 3 saturated heterocycles. The van der Waals surface area contributed by atoms with Crippen molar-refractivity contribution in [1.82, 2.24) is 25.2 Å². The van der Waals surface area contributed by atoms with E-state index in [0.717, 1.165) is 23.6 Å². The fraction of sp³-hybridized carbons (Fsp3) is 0.414. The van der Waals surface area contributed by atoms with E-state index in [-0.39, 0.29) is 42.5 Å². The molecule has 2 aromatic heterocycles. The van der Waals surface area contributed by atoms with Crippen molar-refractivity contribution >= 4 is 27.5 Å². The van der Waals surface area contributed by atoms with Crippen LogP contribution in [0.3, 0.4) is 0 Å². The number of aromatic hydroxyl groups is 1. The van der Waals surface area contributed by atoms with Gasteiger partial charge in [0.05, 0.1) is 11.9 Å². The van der Waals surface area contributed by atoms with Gasteiger partial charge in [0, 0.05) is 49.4 Å². The van der Waals surface area contributed by atoms with Crippen LogP contribution in [0.15, 0.2) is 42.6 Å². The first-order valence-electron chi connectivity index (χ1n) is 13.5. The van der Waals surface area contributed by atoms with Gasteiger partial charge in [-0.1, -0.05) is 24.3 Å². The maximum atomic E-state index is 16.4. The lowest BCUT2D eigenvalue weighted by Crippen LogP contribution is -2.51. The number of likely N-dealkylation sites (tertiary alicyclic amines) is 1. The van der Waals surface area contributed by atoms with Gasteiger partial charge in [-0.05, 0) is 42.8 Å². The lowest BCUT2D eigenvalue weighted by atomic mass is 10.0. The molecule has 3 aliphatic heterocycles. The molecule has 8 nitrogen and oxygen atoms in total. The van der Waals surface area contributed by atoms with E-state index < -0.39 is 17.8 Å². The van der Waals surface area contributed by atoms with Crippen LogP contribution in [0.1, 0.15) is 19.3 Å². The van der Waals surface area contributed by atoms with E-state index in [9.17, 15) is 13.9 Å². The average molecular weight is 551 g/mol. The molecule has 3 fully saturated rings.